The Hall–Kier alpha value is -4.17. The molecule has 3 aromatic heterocycles. The van der Waals surface area contributed by atoms with E-state index in [1.54, 1.807) is 10.8 Å². The normalized spacial score (nSPS) is 21.3. The van der Waals surface area contributed by atoms with Crippen molar-refractivity contribution in [2.45, 2.75) is 50.6 Å². The molecule has 1 aliphatic carbocycles. The third kappa shape index (κ3) is 4.54. The maximum absolute atomic E-state index is 14.6. The highest BCUT2D eigenvalue weighted by atomic mass is 35.5. The smallest absolute Gasteiger partial charge is 0.265 e. The molecule has 1 aliphatic heterocycles. The first-order chi connectivity index (χ1) is 20.5. The molecule has 1 saturated heterocycles. The number of pyridine rings is 2. The van der Waals surface area contributed by atoms with Gasteiger partial charge in [0.05, 0.1) is 17.1 Å². The van der Waals surface area contributed by atoms with E-state index < -0.39 is 0 Å². The van der Waals surface area contributed by atoms with Crippen molar-refractivity contribution >= 4 is 44.9 Å². The number of aromatic nitrogens is 4. The Labute approximate surface area is 248 Å². The largest absolute Gasteiger partial charge is 0.361 e. The van der Waals surface area contributed by atoms with Gasteiger partial charge in [0.25, 0.3) is 5.56 Å². The van der Waals surface area contributed by atoms with E-state index in [4.69, 9.17) is 11.6 Å². The number of hydrogen-bond donors (Lipinski definition) is 2. The quantitative estimate of drug-likeness (QED) is 0.185. The third-order valence-corrected chi connectivity index (χ3v) is 9.64. The lowest BCUT2D eigenvalue weighted by atomic mass is 9.74. The molecule has 42 heavy (non-hydrogen) atoms. The molecule has 0 spiro atoms. The van der Waals surface area contributed by atoms with Crippen molar-refractivity contribution < 1.29 is 0 Å². The van der Waals surface area contributed by atoms with Gasteiger partial charge >= 0.3 is 0 Å². The molecule has 4 heterocycles. The summed E-state index contributed by atoms with van der Waals surface area (Å²) in [4.78, 5) is 41.2. The lowest BCUT2D eigenvalue weighted by Crippen LogP contribution is -2.47. The summed E-state index contributed by atoms with van der Waals surface area (Å²) >= 11 is 7.20. The van der Waals surface area contributed by atoms with Crippen molar-refractivity contribution in [2.75, 3.05) is 16.8 Å². The van der Waals surface area contributed by atoms with Gasteiger partial charge in [-0.3, -0.25) is 14.2 Å². The average molecular weight is 581 g/mol. The van der Waals surface area contributed by atoms with E-state index in [1.165, 1.54) is 31.7 Å². The molecule has 3 unspecified atom stereocenters. The number of rotatable bonds is 5. The minimum atomic E-state index is -0.373. The van der Waals surface area contributed by atoms with Crippen LogP contribution in [0.25, 0.3) is 27.5 Å². The molecule has 2 aromatic carbocycles. The van der Waals surface area contributed by atoms with Crippen molar-refractivity contribution in [3.63, 3.8) is 0 Å². The zero-order valence-corrected chi connectivity index (χ0v) is 24.2. The number of fused-ring (bicyclic) bond motifs is 3. The number of alkyl halides is 1. The highest BCUT2D eigenvalue weighted by Gasteiger charge is 2.39. The molecular weight excluding hydrogens is 548 g/mol. The standard InChI is InChI=1S/C33H33ClN6O2/c1-20(38-32-29-27(41)14-16-35-31(29)36-19-37-32)26-18-22-9-7-13-25(28(22)33(42)40(26)23-10-3-2-4-11-23)39-17-15-21-8-5-6-12-24(21)30(39)34/h2-4,7,9-11,13-14,16,18-21,24,30H,5-6,8,12,15,17H2,1H3,(H2,35,36,37,38,41)/t20-,21?,24?,30?/m0/s1. The molecule has 214 valence electrons. The second kappa shape index (κ2) is 10.9. The van der Waals surface area contributed by atoms with E-state index in [9.17, 15) is 9.59 Å². The maximum atomic E-state index is 14.6. The topological polar surface area (TPSA) is 95.9 Å². The second-order valence-corrected chi connectivity index (χ2v) is 12.0. The van der Waals surface area contributed by atoms with Crippen LogP contribution >= 0.6 is 11.6 Å². The van der Waals surface area contributed by atoms with Gasteiger partial charge < -0.3 is 15.2 Å². The Morgan fingerprint density at radius 1 is 0.976 bits per heavy atom. The Bertz CT molecular complexity index is 1880. The Morgan fingerprint density at radius 2 is 1.81 bits per heavy atom. The van der Waals surface area contributed by atoms with Crippen LogP contribution in [0, 0.1) is 11.8 Å². The molecule has 7 rings (SSSR count). The Kier molecular flexibility index (Phi) is 6.94. The third-order valence-electron chi connectivity index (χ3n) is 9.08. The Balaban J connectivity index is 1.37. The summed E-state index contributed by atoms with van der Waals surface area (Å²) in [7, 11) is 0. The van der Waals surface area contributed by atoms with E-state index in [-0.39, 0.29) is 22.5 Å². The molecule has 8 nitrogen and oxygen atoms in total. The molecular formula is C33H33ClN6O2. The van der Waals surface area contributed by atoms with Gasteiger partial charge in [0.2, 0.25) is 0 Å². The minimum Gasteiger partial charge on any atom is -0.361 e. The van der Waals surface area contributed by atoms with Crippen molar-refractivity contribution in [2.24, 2.45) is 11.8 Å². The molecule has 0 bridgehead atoms. The number of nitrogens with one attached hydrogen (secondary N) is 2. The van der Waals surface area contributed by atoms with Gasteiger partial charge in [0.15, 0.2) is 5.43 Å². The van der Waals surface area contributed by atoms with Crippen LogP contribution < -0.4 is 21.2 Å². The number of halogens is 1. The SMILES string of the molecule is C[C@H](Nc1ncnc2[nH]ccc(=O)c12)c1cc2cccc(N3CCC4CCCCC4C3Cl)c2c(=O)n1-c1ccccc1. The molecule has 9 heteroatoms. The van der Waals surface area contributed by atoms with Gasteiger partial charge in [0.1, 0.15) is 28.7 Å². The van der Waals surface area contributed by atoms with Gasteiger partial charge in [-0.1, -0.05) is 54.8 Å². The number of benzene rings is 2. The molecule has 2 aliphatic rings. The van der Waals surface area contributed by atoms with Crippen LogP contribution in [0.4, 0.5) is 11.5 Å². The number of hydrogen-bond acceptors (Lipinski definition) is 6. The Morgan fingerprint density at radius 3 is 2.67 bits per heavy atom. The zero-order valence-electron chi connectivity index (χ0n) is 23.5. The summed E-state index contributed by atoms with van der Waals surface area (Å²) in [5.74, 6) is 1.52. The molecule has 5 aromatic rings. The zero-order chi connectivity index (χ0) is 28.8. The predicted molar refractivity (Wildman–Crippen MR) is 169 cm³/mol. The summed E-state index contributed by atoms with van der Waals surface area (Å²) in [6.45, 7) is 2.81. The number of aromatic amines is 1. The number of para-hydroxylation sites is 1. The molecule has 0 radical (unpaired) electrons. The molecule has 0 amide bonds. The lowest BCUT2D eigenvalue weighted by Gasteiger charge is -2.46. The van der Waals surface area contributed by atoms with Crippen LogP contribution in [-0.4, -0.2) is 31.6 Å². The van der Waals surface area contributed by atoms with Gasteiger partial charge in [-0.05, 0) is 67.7 Å². The molecule has 1 saturated carbocycles. The van der Waals surface area contributed by atoms with E-state index in [2.05, 4.69) is 31.2 Å². The first-order valence-corrected chi connectivity index (χ1v) is 15.2. The highest BCUT2D eigenvalue weighted by molar-refractivity contribution is 6.22. The second-order valence-electron chi connectivity index (χ2n) is 11.5. The molecule has 4 atom stereocenters. The van der Waals surface area contributed by atoms with Crippen LogP contribution in [0.3, 0.4) is 0 Å². The fraction of sp³-hybridized carbons (Fsp3) is 0.333. The first kappa shape index (κ1) is 26.7. The minimum absolute atomic E-state index is 0.0991. The first-order valence-electron chi connectivity index (χ1n) is 14.7. The van der Waals surface area contributed by atoms with Gasteiger partial charge in [-0.25, -0.2) is 9.97 Å². The lowest BCUT2D eigenvalue weighted by molar-refractivity contribution is 0.188. The fourth-order valence-electron chi connectivity index (χ4n) is 7.03. The summed E-state index contributed by atoms with van der Waals surface area (Å²) < 4.78 is 1.77. The van der Waals surface area contributed by atoms with E-state index in [0.29, 0.717) is 34.1 Å². The van der Waals surface area contributed by atoms with Crippen LogP contribution in [0.2, 0.25) is 0 Å². The van der Waals surface area contributed by atoms with Crippen molar-refractivity contribution in [3.05, 3.63) is 99.5 Å². The van der Waals surface area contributed by atoms with E-state index in [1.807, 2.05) is 55.5 Å². The van der Waals surface area contributed by atoms with Gasteiger partial charge in [0, 0.05) is 30.2 Å². The van der Waals surface area contributed by atoms with Crippen LogP contribution in [0.15, 0.2) is 82.8 Å². The predicted octanol–water partition coefficient (Wildman–Crippen LogP) is 6.38. The summed E-state index contributed by atoms with van der Waals surface area (Å²) in [5.41, 5.74) is 2.45. The molecule has 2 N–H and O–H groups in total. The van der Waals surface area contributed by atoms with Crippen LogP contribution in [-0.2, 0) is 0 Å². The van der Waals surface area contributed by atoms with Crippen molar-refractivity contribution in [3.8, 4) is 5.69 Å². The summed E-state index contributed by atoms with van der Waals surface area (Å²) in [6, 6.07) is 18.9. The van der Waals surface area contributed by atoms with Gasteiger partial charge in [-0.15, -0.1) is 0 Å². The van der Waals surface area contributed by atoms with Crippen LogP contribution in [0.1, 0.15) is 50.8 Å². The van der Waals surface area contributed by atoms with Crippen molar-refractivity contribution in [1.82, 2.24) is 19.5 Å². The summed E-state index contributed by atoms with van der Waals surface area (Å²) in [5, 5.41) is 5.30. The number of piperidine rings is 1. The molecule has 2 fully saturated rings. The van der Waals surface area contributed by atoms with E-state index in [0.717, 1.165) is 41.8 Å². The van der Waals surface area contributed by atoms with E-state index >= 15 is 0 Å². The number of H-pyrrole nitrogens is 1. The fourth-order valence-corrected chi connectivity index (χ4v) is 7.57. The van der Waals surface area contributed by atoms with Crippen LogP contribution in [0.5, 0.6) is 0 Å². The monoisotopic (exact) mass is 580 g/mol. The van der Waals surface area contributed by atoms with Crippen molar-refractivity contribution in [1.29, 1.82) is 0 Å². The number of nitrogens with zero attached hydrogens (tertiary/aromatic N) is 4. The maximum Gasteiger partial charge on any atom is 0.265 e. The number of anilines is 2. The average Bonchev–Trinajstić information content (AvgIpc) is 3.01. The van der Waals surface area contributed by atoms with Gasteiger partial charge in [-0.2, -0.15) is 0 Å². The highest BCUT2D eigenvalue weighted by Crippen LogP contribution is 2.44. The summed E-state index contributed by atoms with van der Waals surface area (Å²) in [6.07, 6.45) is 8.99.